The van der Waals surface area contributed by atoms with Crippen LogP contribution in [0.1, 0.15) is 27.9 Å². The lowest BCUT2D eigenvalue weighted by molar-refractivity contribution is -0.138. The van der Waals surface area contributed by atoms with E-state index < -0.39 is 17.6 Å². The number of halogens is 5. The van der Waals surface area contributed by atoms with E-state index in [9.17, 15) is 17.6 Å². The maximum atomic E-state index is 13.1. The third-order valence-corrected chi connectivity index (χ3v) is 4.14. The summed E-state index contributed by atoms with van der Waals surface area (Å²) in [6.07, 6.45) is -2.89. The number of rotatable bonds is 5. The van der Waals surface area contributed by atoms with E-state index >= 15 is 0 Å². The Morgan fingerprint density at radius 2 is 2.00 bits per heavy atom. The van der Waals surface area contributed by atoms with E-state index in [0.717, 1.165) is 22.0 Å². The van der Waals surface area contributed by atoms with Crippen molar-refractivity contribution in [2.75, 3.05) is 6.54 Å². The molecule has 10 heteroatoms. The van der Waals surface area contributed by atoms with Crippen LogP contribution in [0.15, 0.2) is 29.4 Å². The molecular weight excluding hydrogens is 483 g/mol. The average Bonchev–Trinajstić information content (AvgIpc) is 2.95. The van der Waals surface area contributed by atoms with Gasteiger partial charge in [0, 0.05) is 17.6 Å². The predicted molar refractivity (Wildman–Crippen MR) is 105 cm³/mol. The Morgan fingerprint density at radius 1 is 1.27 bits per heavy atom. The van der Waals surface area contributed by atoms with Crippen LogP contribution in [0.25, 0.3) is 0 Å². The highest BCUT2D eigenvalue weighted by Crippen LogP contribution is 2.32. The van der Waals surface area contributed by atoms with Crippen molar-refractivity contribution in [1.29, 1.82) is 0 Å². The standard InChI is InChI=1S/C16H18F4N4S.HI/c1-3-21-15(24-9-13-8-22-10(2)25-13)23-7-11-4-5-12(17)6-14(11)16(18,19)20;/h4-6,8H,3,7,9H2,1-2H3,(H2,21,23,24);1H. The lowest BCUT2D eigenvalue weighted by Gasteiger charge is -2.13. The largest absolute Gasteiger partial charge is 0.416 e. The van der Waals surface area contributed by atoms with Gasteiger partial charge >= 0.3 is 6.18 Å². The SMILES string of the molecule is CCNC(=NCc1ccc(F)cc1C(F)(F)F)NCc1cnc(C)s1.I. The molecule has 26 heavy (non-hydrogen) atoms. The molecule has 0 unspecified atom stereocenters. The second-order valence-electron chi connectivity index (χ2n) is 5.19. The summed E-state index contributed by atoms with van der Waals surface area (Å²) in [5.74, 6) is -0.545. The lowest BCUT2D eigenvalue weighted by Crippen LogP contribution is -2.36. The summed E-state index contributed by atoms with van der Waals surface area (Å²) >= 11 is 1.52. The van der Waals surface area contributed by atoms with Gasteiger partial charge in [-0.15, -0.1) is 35.3 Å². The van der Waals surface area contributed by atoms with Gasteiger partial charge in [0.25, 0.3) is 0 Å². The maximum Gasteiger partial charge on any atom is 0.416 e. The molecule has 0 saturated heterocycles. The number of nitrogens with zero attached hydrogens (tertiary/aromatic N) is 2. The van der Waals surface area contributed by atoms with Crippen LogP contribution in [0.3, 0.4) is 0 Å². The van der Waals surface area contributed by atoms with E-state index in [2.05, 4.69) is 20.6 Å². The topological polar surface area (TPSA) is 49.3 Å². The number of nitrogens with one attached hydrogen (secondary N) is 2. The fourth-order valence-electron chi connectivity index (χ4n) is 2.11. The Morgan fingerprint density at radius 3 is 2.58 bits per heavy atom. The highest BCUT2D eigenvalue weighted by molar-refractivity contribution is 14.0. The van der Waals surface area contributed by atoms with Crippen LogP contribution in [0.4, 0.5) is 17.6 Å². The van der Waals surface area contributed by atoms with Crippen molar-refractivity contribution < 1.29 is 17.6 Å². The number of aryl methyl sites for hydroxylation is 1. The molecule has 0 radical (unpaired) electrons. The molecule has 2 N–H and O–H groups in total. The molecule has 0 amide bonds. The van der Waals surface area contributed by atoms with Crippen LogP contribution in [0, 0.1) is 12.7 Å². The molecule has 2 aromatic rings. The Hall–Kier alpha value is -1.43. The van der Waals surface area contributed by atoms with Crippen molar-refractivity contribution >= 4 is 41.3 Å². The van der Waals surface area contributed by atoms with Crippen molar-refractivity contribution in [3.63, 3.8) is 0 Å². The van der Waals surface area contributed by atoms with Crippen LogP contribution < -0.4 is 10.6 Å². The van der Waals surface area contributed by atoms with Gasteiger partial charge in [-0.25, -0.2) is 14.4 Å². The first kappa shape index (κ1) is 22.6. The minimum atomic E-state index is -4.63. The van der Waals surface area contributed by atoms with E-state index in [1.54, 1.807) is 6.20 Å². The number of hydrogen-bond acceptors (Lipinski definition) is 3. The van der Waals surface area contributed by atoms with Crippen LogP contribution in [0.5, 0.6) is 0 Å². The quantitative estimate of drug-likeness (QED) is 0.275. The van der Waals surface area contributed by atoms with Crippen molar-refractivity contribution in [2.24, 2.45) is 4.99 Å². The van der Waals surface area contributed by atoms with Crippen molar-refractivity contribution in [3.8, 4) is 0 Å². The smallest absolute Gasteiger partial charge is 0.357 e. The van der Waals surface area contributed by atoms with Gasteiger partial charge in [0.15, 0.2) is 5.96 Å². The first-order valence-corrected chi connectivity index (χ1v) is 8.40. The summed E-state index contributed by atoms with van der Waals surface area (Å²) in [6.45, 7) is 4.55. The predicted octanol–water partition coefficient (Wildman–Crippen LogP) is 4.48. The van der Waals surface area contributed by atoms with E-state index in [0.29, 0.717) is 25.1 Å². The highest BCUT2D eigenvalue weighted by Gasteiger charge is 2.33. The first-order valence-electron chi connectivity index (χ1n) is 7.58. The second-order valence-corrected chi connectivity index (χ2v) is 6.51. The molecule has 0 spiro atoms. The molecule has 1 aromatic heterocycles. The summed E-state index contributed by atoms with van der Waals surface area (Å²) in [6, 6.07) is 2.60. The number of guanidine groups is 1. The normalized spacial score (nSPS) is 11.8. The zero-order valence-corrected chi connectivity index (χ0v) is 17.3. The minimum Gasteiger partial charge on any atom is -0.357 e. The zero-order chi connectivity index (χ0) is 18.4. The van der Waals surface area contributed by atoms with Crippen LogP contribution >= 0.6 is 35.3 Å². The van der Waals surface area contributed by atoms with Gasteiger partial charge in [-0.1, -0.05) is 6.07 Å². The maximum absolute atomic E-state index is 13.1. The van der Waals surface area contributed by atoms with Gasteiger partial charge in [0.2, 0.25) is 0 Å². The molecule has 1 heterocycles. The van der Waals surface area contributed by atoms with Gasteiger partial charge in [0.05, 0.1) is 23.7 Å². The molecule has 0 aliphatic rings. The number of aliphatic imine (C=N–C) groups is 1. The van der Waals surface area contributed by atoms with Crippen LogP contribution in [-0.2, 0) is 19.3 Å². The van der Waals surface area contributed by atoms with Gasteiger partial charge in [-0.2, -0.15) is 13.2 Å². The number of thiazole rings is 1. The molecule has 0 aliphatic carbocycles. The van der Waals surface area contributed by atoms with E-state index in [1.165, 1.54) is 11.3 Å². The summed E-state index contributed by atoms with van der Waals surface area (Å²) in [5.41, 5.74) is -1.09. The fraction of sp³-hybridized carbons (Fsp3) is 0.375. The molecule has 0 aliphatic heterocycles. The van der Waals surface area contributed by atoms with Gasteiger partial charge < -0.3 is 10.6 Å². The Balaban J connectivity index is 0.00000338. The van der Waals surface area contributed by atoms with Crippen LogP contribution in [0.2, 0.25) is 0 Å². The summed E-state index contributed by atoms with van der Waals surface area (Å²) in [5, 5.41) is 6.94. The van der Waals surface area contributed by atoms with E-state index in [-0.39, 0.29) is 36.1 Å². The Bertz CT molecular complexity index is 746. The van der Waals surface area contributed by atoms with Crippen molar-refractivity contribution in [1.82, 2.24) is 15.6 Å². The number of benzene rings is 1. The second kappa shape index (κ2) is 10.0. The third-order valence-electron chi connectivity index (χ3n) is 3.23. The monoisotopic (exact) mass is 502 g/mol. The lowest BCUT2D eigenvalue weighted by atomic mass is 10.1. The highest BCUT2D eigenvalue weighted by atomic mass is 127. The van der Waals surface area contributed by atoms with Crippen molar-refractivity contribution in [3.05, 3.63) is 51.2 Å². The molecule has 1 aromatic carbocycles. The van der Waals surface area contributed by atoms with Crippen LogP contribution in [-0.4, -0.2) is 17.5 Å². The van der Waals surface area contributed by atoms with E-state index in [1.807, 2.05) is 13.8 Å². The number of alkyl halides is 3. The molecule has 0 atom stereocenters. The average molecular weight is 502 g/mol. The van der Waals surface area contributed by atoms with Gasteiger partial charge in [-0.05, 0) is 31.5 Å². The first-order chi connectivity index (χ1) is 11.8. The summed E-state index contributed by atoms with van der Waals surface area (Å²) < 4.78 is 52.2. The molecule has 0 bridgehead atoms. The fourth-order valence-corrected chi connectivity index (χ4v) is 2.85. The Kier molecular flexibility index (Phi) is 8.74. The molecule has 4 nitrogen and oxygen atoms in total. The molecule has 144 valence electrons. The summed E-state index contributed by atoms with van der Waals surface area (Å²) in [4.78, 5) is 9.29. The molecule has 2 rings (SSSR count). The van der Waals surface area contributed by atoms with Crippen molar-refractivity contribution in [2.45, 2.75) is 33.1 Å². The molecule has 0 saturated carbocycles. The van der Waals surface area contributed by atoms with Gasteiger partial charge in [-0.3, -0.25) is 0 Å². The minimum absolute atomic E-state index is 0. The molecular formula is C16H19F4IN4S. The third kappa shape index (κ3) is 6.71. The Labute approximate surface area is 170 Å². The van der Waals surface area contributed by atoms with Gasteiger partial charge in [0.1, 0.15) is 5.82 Å². The zero-order valence-electron chi connectivity index (χ0n) is 14.2. The molecule has 0 fully saturated rings. The summed E-state index contributed by atoms with van der Waals surface area (Å²) in [7, 11) is 0. The number of hydrogen-bond donors (Lipinski definition) is 2. The van der Waals surface area contributed by atoms with E-state index in [4.69, 9.17) is 0 Å². The number of aromatic nitrogens is 1.